The molecule has 0 spiro atoms. The van der Waals surface area contributed by atoms with Gasteiger partial charge in [-0.2, -0.15) is 0 Å². The lowest BCUT2D eigenvalue weighted by Gasteiger charge is -2.29. The van der Waals surface area contributed by atoms with E-state index >= 15 is 0 Å². The first kappa shape index (κ1) is 19.7. The van der Waals surface area contributed by atoms with Gasteiger partial charge in [-0.15, -0.1) is 0 Å². The van der Waals surface area contributed by atoms with E-state index in [9.17, 15) is 9.59 Å². The fraction of sp³-hybridized carbons (Fsp3) is 0.364. The summed E-state index contributed by atoms with van der Waals surface area (Å²) in [5.41, 5.74) is 1.35. The molecule has 0 bridgehead atoms. The van der Waals surface area contributed by atoms with Crippen molar-refractivity contribution in [2.45, 2.75) is 38.6 Å². The van der Waals surface area contributed by atoms with Gasteiger partial charge in [0.05, 0.1) is 0 Å². The number of rotatable bonds is 6. The Morgan fingerprint density at radius 1 is 0.964 bits per heavy atom. The van der Waals surface area contributed by atoms with Crippen molar-refractivity contribution in [3.63, 3.8) is 0 Å². The lowest BCUT2D eigenvalue weighted by atomic mass is 9.86. The highest BCUT2D eigenvalue weighted by atomic mass is 16.5. The Kier molecular flexibility index (Phi) is 6.89. The maximum atomic E-state index is 12.3. The van der Waals surface area contributed by atoms with E-state index in [-0.39, 0.29) is 24.6 Å². The van der Waals surface area contributed by atoms with Gasteiger partial charge >= 0.3 is 6.03 Å². The zero-order valence-corrected chi connectivity index (χ0v) is 16.1. The van der Waals surface area contributed by atoms with Crippen molar-refractivity contribution in [1.82, 2.24) is 5.32 Å². The standard InChI is InChI=1S/C22H27N3O3/c1-16-8-5-6-13-20(16)25-22(27)24-18-11-7-12-19(14-18)28-15-21(26)23-17-9-3-2-4-10-17/h2-4,7,9-12,14,16,20H,5-6,8,13,15H2,1H3,(H,23,26)(H2,24,25,27). The maximum Gasteiger partial charge on any atom is 0.319 e. The highest BCUT2D eigenvalue weighted by Crippen LogP contribution is 2.24. The minimum Gasteiger partial charge on any atom is -0.484 e. The van der Waals surface area contributed by atoms with Crippen LogP contribution in [0.4, 0.5) is 16.2 Å². The molecule has 2 aromatic carbocycles. The van der Waals surface area contributed by atoms with E-state index in [4.69, 9.17) is 4.74 Å². The summed E-state index contributed by atoms with van der Waals surface area (Å²) in [6.45, 7) is 2.07. The second-order valence-electron chi connectivity index (χ2n) is 7.20. The Morgan fingerprint density at radius 2 is 1.71 bits per heavy atom. The van der Waals surface area contributed by atoms with Crippen LogP contribution >= 0.6 is 0 Å². The quantitative estimate of drug-likeness (QED) is 0.694. The third-order valence-electron chi connectivity index (χ3n) is 4.95. The van der Waals surface area contributed by atoms with Gasteiger partial charge in [0.25, 0.3) is 5.91 Å². The average molecular weight is 381 g/mol. The summed E-state index contributed by atoms with van der Waals surface area (Å²) in [7, 11) is 0. The van der Waals surface area contributed by atoms with Crippen molar-refractivity contribution in [2.75, 3.05) is 17.2 Å². The van der Waals surface area contributed by atoms with E-state index in [0.717, 1.165) is 24.9 Å². The van der Waals surface area contributed by atoms with Crippen LogP contribution in [0.25, 0.3) is 0 Å². The first-order valence-corrected chi connectivity index (χ1v) is 9.75. The Balaban J connectivity index is 1.48. The van der Waals surface area contributed by atoms with Gasteiger partial charge < -0.3 is 20.7 Å². The molecule has 1 saturated carbocycles. The minimum atomic E-state index is -0.242. The fourth-order valence-corrected chi connectivity index (χ4v) is 3.40. The molecule has 2 atom stereocenters. The number of carbonyl (C=O) groups excluding carboxylic acids is 2. The molecule has 0 saturated heterocycles. The van der Waals surface area contributed by atoms with Crippen LogP contribution in [0, 0.1) is 5.92 Å². The van der Waals surface area contributed by atoms with Crippen molar-refractivity contribution < 1.29 is 14.3 Å². The normalized spacial score (nSPS) is 18.8. The van der Waals surface area contributed by atoms with Gasteiger partial charge in [0.1, 0.15) is 5.75 Å². The summed E-state index contributed by atoms with van der Waals surface area (Å²) in [4.78, 5) is 24.3. The first-order valence-electron chi connectivity index (χ1n) is 9.75. The maximum absolute atomic E-state index is 12.3. The molecular weight excluding hydrogens is 354 g/mol. The molecule has 6 heteroatoms. The first-order chi connectivity index (χ1) is 13.6. The largest absolute Gasteiger partial charge is 0.484 e. The number of hydrogen-bond donors (Lipinski definition) is 3. The van der Waals surface area contributed by atoms with Gasteiger partial charge in [-0.05, 0) is 43.0 Å². The van der Waals surface area contributed by atoms with Gasteiger partial charge in [-0.3, -0.25) is 4.79 Å². The topological polar surface area (TPSA) is 79.5 Å². The zero-order valence-electron chi connectivity index (χ0n) is 16.1. The summed E-state index contributed by atoms with van der Waals surface area (Å²) < 4.78 is 5.55. The van der Waals surface area contributed by atoms with Crippen LogP contribution in [0.1, 0.15) is 32.6 Å². The molecule has 3 N–H and O–H groups in total. The van der Waals surface area contributed by atoms with E-state index in [1.165, 1.54) is 6.42 Å². The molecule has 28 heavy (non-hydrogen) atoms. The number of urea groups is 1. The van der Waals surface area contributed by atoms with Crippen LogP contribution in [0.2, 0.25) is 0 Å². The van der Waals surface area contributed by atoms with Gasteiger partial charge in [-0.25, -0.2) is 4.79 Å². The van der Waals surface area contributed by atoms with Crippen LogP contribution in [0.5, 0.6) is 5.75 Å². The molecule has 1 aliphatic carbocycles. The number of ether oxygens (including phenoxy) is 1. The van der Waals surface area contributed by atoms with Gasteiger partial charge in [0.15, 0.2) is 6.61 Å². The Bertz CT molecular complexity index is 795. The van der Waals surface area contributed by atoms with E-state index in [1.807, 2.05) is 30.3 Å². The molecule has 3 rings (SSSR count). The molecule has 2 unspecified atom stereocenters. The number of para-hydroxylation sites is 1. The molecular formula is C22H27N3O3. The highest BCUT2D eigenvalue weighted by Gasteiger charge is 2.22. The predicted octanol–water partition coefficient (Wildman–Crippen LogP) is 4.40. The van der Waals surface area contributed by atoms with Crippen molar-refractivity contribution >= 4 is 23.3 Å². The zero-order chi connectivity index (χ0) is 19.8. The SMILES string of the molecule is CC1CCCCC1NC(=O)Nc1cccc(OCC(=O)Nc2ccccc2)c1. The predicted molar refractivity (Wildman–Crippen MR) is 111 cm³/mol. The molecule has 1 aliphatic rings. The van der Waals surface area contributed by atoms with Gasteiger partial charge in [0.2, 0.25) is 0 Å². The lowest BCUT2D eigenvalue weighted by molar-refractivity contribution is -0.118. The van der Waals surface area contributed by atoms with Crippen molar-refractivity contribution in [3.8, 4) is 5.75 Å². The molecule has 1 fully saturated rings. The molecule has 6 nitrogen and oxygen atoms in total. The number of benzene rings is 2. The van der Waals surface area contributed by atoms with Crippen molar-refractivity contribution in [1.29, 1.82) is 0 Å². The van der Waals surface area contributed by atoms with Crippen LogP contribution in [-0.2, 0) is 4.79 Å². The average Bonchev–Trinajstić information content (AvgIpc) is 2.69. The molecule has 3 amide bonds. The van der Waals surface area contributed by atoms with Crippen LogP contribution in [-0.4, -0.2) is 24.6 Å². The van der Waals surface area contributed by atoms with E-state index in [2.05, 4.69) is 22.9 Å². The fourth-order valence-electron chi connectivity index (χ4n) is 3.40. The summed E-state index contributed by atoms with van der Waals surface area (Å²) in [5, 5.41) is 8.67. The Labute approximate surface area is 165 Å². The monoisotopic (exact) mass is 381 g/mol. The molecule has 0 radical (unpaired) electrons. The molecule has 2 aromatic rings. The van der Waals surface area contributed by atoms with Crippen LogP contribution in [0.15, 0.2) is 54.6 Å². The van der Waals surface area contributed by atoms with E-state index in [0.29, 0.717) is 17.4 Å². The number of nitrogens with one attached hydrogen (secondary N) is 3. The molecule has 148 valence electrons. The van der Waals surface area contributed by atoms with Crippen LogP contribution in [0.3, 0.4) is 0 Å². The smallest absolute Gasteiger partial charge is 0.319 e. The van der Waals surface area contributed by atoms with E-state index < -0.39 is 0 Å². The highest BCUT2D eigenvalue weighted by molar-refractivity contribution is 5.92. The second kappa shape index (κ2) is 9.78. The summed E-state index contributed by atoms with van der Waals surface area (Å²) in [6, 6.07) is 16.3. The Hall–Kier alpha value is -3.02. The lowest BCUT2D eigenvalue weighted by Crippen LogP contribution is -2.43. The van der Waals surface area contributed by atoms with Crippen molar-refractivity contribution in [3.05, 3.63) is 54.6 Å². The summed E-state index contributed by atoms with van der Waals surface area (Å²) >= 11 is 0. The van der Waals surface area contributed by atoms with E-state index in [1.54, 1.807) is 24.3 Å². The summed E-state index contributed by atoms with van der Waals surface area (Å²) in [6.07, 6.45) is 4.56. The third-order valence-corrected chi connectivity index (χ3v) is 4.95. The number of anilines is 2. The number of amides is 3. The number of carbonyl (C=O) groups is 2. The Morgan fingerprint density at radius 3 is 2.50 bits per heavy atom. The van der Waals surface area contributed by atoms with Crippen LogP contribution < -0.4 is 20.7 Å². The third kappa shape index (κ3) is 6.01. The number of hydrogen-bond acceptors (Lipinski definition) is 3. The molecule has 0 aliphatic heterocycles. The second-order valence-corrected chi connectivity index (χ2v) is 7.20. The molecule has 0 aromatic heterocycles. The van der Waals surface area contributed by atoms with Crippen molar-refractivity contribution in [2.24, 2.45) is 5.92 Å². The van der Waals surface area contributed by atoms with Gasteiger partial charge in [-0.1, -0.05) is 44.0 Å². The molecule has 0 heterocycles. The minimum absolute atomic E-state index is 0.107. The summed E-state index contributed by atoms with van der Waals surface area (Å²) in [5.74, 6) is 0.776. The van der Waals surface area contributed by atoms with Gasteiger partial charge in [0, 0.05) is 23.5 Å².